The molecule has 12 rings (SSSR count). The third kappa shape index (κ3) is 3.76. The van der Waals surface area contributed by atoms with Crippen LogP contribution in [0.5, 0.6) is 0 Å². The van der Waals surface area contributed by atoms with Gasteiger partial charge in [0.1, 0.15) is 22.3 Å². The molecule has 0 atom stereocenters. The maximum Gasteiger partial charge on any atom is 0.144 e. The highest BCUT2D eigenvalue weighted by Crippen LogP contribution is 2.47. The lowest BCUT2D eigenvalue weighted by Gasteiger charge is -2.18. The Kier molecular flexibility index (Phi) is 5.41. The van der Waals surface area contributed by atoms with Gasteiger partial charge in [0.25, 0.3) is 0 Å². The van der Waals surface area contributed by atoms with Gasteiger partial charge in [0.15, 0.2) is 0 Å². The zero-order chi connectivity index (χ0) is 33.2. The van der Waals surface area contributed by atoms with Crippen molar-refractivity contribution in [2.24, 2.45) is 0 Å². The molecule has 2 nitrogen and oxygen atoms in total. The van der Waals surface area contributed by atoms with Crippen LogP contribution in [0.3, 0.4) is 0 Å². The molecule has 9 aromatic carbocycles. The fourth-order valence-corrected chi connectivity index (χ4v) is 9.73. The maximum absolute atomic E-state index is 6.75. The van der Waals surface area contributed by atoms with Crippen molar-refractivity contribution in [3.05, 3.63) is 158 Å². The van der Waals surface area contributed by atoms with Crippen LogP contribution in [0.15, 0.2) is 167 Å². The molecule has 12 aromatic rings. The predicted octanol–water partition coefficient (Wildman–Crippen LogP) is 14.6. The highest BCUT2D eigenvalue weighted by atomic mass is 32.1. The summed E-state index contributed by atoms with van der Waals surface area (Å²) in [6.07, 6.45) is 0. The highest BCUT2D eigenvalue weighted by molar-refractivity contribution is 7.25. The topological polar surface area (TPSA) is 26.3 Å². The molecule has 0 unspecified atom stereocenters. The van der Waals surface area contributed by atoms with E-state index in [2.05, 4.69) is 146 Å². The van der Waals surface area contributed by atoms with Gasteiger partial charge in [0, 0.05) is 47.1 Å². The van der Waals surface area contributed by atoms with Crippen LogP contribution >= 0.6 is 11.3 Å². The van der Waals surface area contributed by atoms with Gasteiger partial charge in [0.05, 0.1) is 0 Å². The van der Waals surface area contributed by atoms with E-state index in [1.807, 2.05) is 23.5 Å². The minimum Gasteiger partial charge on any atom is -0.456 e. The Morgan fingerprint density at radius 1 is 0.333 bits per heavy atom. The Bertz CT molecular complexity index is 3370. The van der Waals surface area contributed by atoms with Crippen molar-refractivity contribution < 1.29 is 8.83 Å². The highest BCUT2D eigenvalue weighted by Gasteiger charge is 2.20. The minimum atomic E-state index is 0.877. The van der Waals surface area contributed by atoms with Crippen molar-refractivity contribution in [3.8, 4) is 22.3 Å². The fraction of sp³-hybridized carbons (Fsp3) is 0. The van der Waals surface area contributed by atoms with Gasteiger partial charge in [-0.2, -0.15) is 0 Å². The number of thiophene rings is 1. The Labute approximate surface area is 295 Å². The van der Waals surface area contributed by atoms with E-state index in [4.69, 9.17) is 8.83 Å². The molecule has 0 aliphatic carbocycles. The molecule has 0 fully saturated rings. The molecular weight excluding hydrogens is 641 g/mol. The third-order valence-corrected chi connectivity index (χ3v) is 12.0. The zero-order valence-electron chi connectivity index (χ0n) is 27.2. The van der Waals surface area contributed by atoms with E-state index in [-0.39, 0.29) is 0 Å². The summed E-state index contributed by atoms with van der Waals surface area (Å²) in [6, 6.07) is 57.2. The van der Waals surface area contributed by atoms with E-state index in [0.717, 1.165) is 54.6 Å². The van der Waals surface area contributed by atoms with Gasteiger partial charge in [-0.05, 0) is 97.7 Å². The Hall–Kier alpha value is -6.42. The third-order valence-electron chi connectivity index (χ3n) is 10.8. The van der Waals surface area contributed by atoms with Gasteiger partial charge >= 0.3 is 0 Å². The van der Waals surface area contributed by atoms with Crippen LogP contribution in [0.2, 0.25) is 0 Å². The summed E-state index contributed by atoms with van der Waals surface area (Å²) in [5.41, 5.74) is 8.49. The number of hydrogen-bond acceptors (Lipinski definition) is 3. The molecule has 0 amide bonds. The van der Waals surface area contributed by atoms with Gasteiger partial charge in [-0.1, -0.05) is 109 Å². The van der Waals surface area contributed by atoms with Crippen LogP contribution in [-0.4, -0.2) is 0 Å². The van der Waals surface area contributed by atoms with E-state index in [0.29, 0.717) is 0 Å². The first-order chi connectivity index (χ1) is 25.3. The monoisotopic (exact) mass is 666 g/mol. The molecule has 0 saturated heterocycles. The number of furan rings is 2. The quantitative estimate of drug-likeness (QED) is 0.172. The fourth-order valence-electron chi connectivity index (χ4n) is 8.64. The summed E-state index contributed by atoms with van der Waals surface area (Å²) >= 11 is 1.86. The van der Waals surface area contributed by atoms with E-state index >= 15 is 0 Å². The lowest BCUT2D eigenvalue weighted by molar-refractivity contribution is 0.668. The Balaban J connectivity index is 1.14. The summed E-state index contributed by atoms with van der Waals surface area (Å²) in [5, 5.41) is 14.3. The van der Waals surface area contributed by atoms with Crippen LogP contribution in [0, 0.1) is 0 Å². The average Bonchev–Trinajstić information content (AvgIpc) is 3.87. The van der Waals surface area contributed by atoms with Crippen LogP contribution in [0.25, 0.3) is 119 Å². The zero-order valence-corrected chi connectivity index (χ0v) is 28.1. The SMILES string of the molecule is c1ccc2c(c1)oc1ccc3ccc4c5cc(-c6c7ccccc7c(-c7ccc8sc9ccccc9c8c7)c7ccccc67)ccc5oc4c3c12. The molecule has 0 bridgehead atoms. The van der Waals surface area contributed by atoms with Crippen LogP contribution in [-0.2, 0) is 0 Å². The summed E-state index contributed by atoms with van der Waals surface area (Å²) < 4.78 is 15.7. The molecule has 0 spiro atoms. The van der Waals surface area contributed by atoms with Crippen LogP contribution < -0.4 is 0 Å². The van der Waals surface area contributed by atoms with Crippen molar-refractivity contribution >= 4 is 108 Å². The second-order valence-electron chi connectivity index (χ2n) is 13.5. The van der Waals surface area contributed by atoms with Gasteiger partial charge in [-0.3, -0.25) is 0 Å². The van der Waals surface area contributed by atoms with E-state index in [1.165, 1.54) is 64.0 Å². The number of benzene rings is 9. The molecule has 51 heavy (non-hydrogen) atoms. The molecule has 0 radical (unpaired) electrons. The van der Waals surface area contributed by atoms with E-state index < -0.39 is 0 Å². The van der Waals surface area contributed by atoms with Crippen molar-refractivity contribution in [1.82, 2.24) is 0 Å². The van der Waals surface area contributed by atoms with Gasteiger partial charge in [0.2, 0.25) is 0 Å². The second kappa shape index (κ2) is 10.1. The maximum atomic E-state index is 6.75. The molecule has 0 aliphatic heterocycles. The first-order valence-corrected chi connectivity index (χ1v) is 18.1. The van der Waals surface area contributed by atoms with Gasteiger partial charge < -0.3 is 8.83 Å². The van der Waals surface area contributed by atoms with Gasteiger partial charge in [-0.15, -0.1) is 11.3 Å². The first kappa shape index (κ1) is 27.4. The normalized spacial score (nSPS) is 12.3. The molecule has 3 heteroatoms. The smallest absolute Gasteiger partial charge is 0.144 e. The summed E-state index contributed by atoms with van der Waals surface area (Å²) in [7, 11) is 0. The van der Waals surface area contributed by atoms with Crippen molar-refractivity contribution in [3.63, 3.8) is 0 Å². The molecule has 0 saturated carbocycles. The number of rotatable bonds is 2. The van der Waals surface area contributed by atoms with Crippen LogP contribution in [0.1, 0.15) is 0 Å². The van der Waals surface area contributed by atoms with E-state index in [1.54, 1.807) is 0 Å². The summed E-state index contributed by atoms with van der Waals surface area (Å²) in [5.74, 6) is 0. The van der Waals surface area contributed by atoms with Crippen LogP contribution in [0.4, 0.5) is 0 Å². The van der Waals surface area contributed by atoms with Crippen molar-refractivity contribution in [2.45, 2.75) is 0 Å². The second-order valence-corrected chi connectivity index (χ2v) is 14.6. The molecule has 3 heterocycles. The standard InChI is InChI=1S/C48H26O2S/c1-3-12-33-31(10-1)44(32-11-2-4-13-34(32)45(33)29-20-24-43-38(26-29)30-9-6-8-16-42(30)51-43)28-19-22-40-37(25-28)35-21-17-27-18-23-41-47(46(27)48(35)50-40)36-14-5-7-15-39(36)49-41/h1-26H. The molecule has 0 aliphatic rings. The summed E-state index contributed by atoms with van der Waals surface area (Å²) in [4.78, 5) is 0. The number of para-hydroxylation sites is 1. The number of hydrogen-bond donors (Lipinski definition) is 0. The molecule has 0 N–H and O–H groups in total. The Morgan fingerprint density at radius 3 is 1.63 bits per heavy atom. The molecular formula is C48H26O2S. The summed E-state index contributed by atoms with van der Waals surface area (Å²) in [6.45, 7) is 0. The minimum absolute atomic E-state index is 0.877. The van der Waals surface area contributed by atoms with Gasteiger partial charge in [-0.25, -0.2) is 0 Å². The predicted molar refractivity (Wildman–Crippen MR) is 217 cm³/mol. The first-order valence-electron chi connectivity index (χ1n) is 17.3. The molecule has 3 aromatic heterocycles. The average molecular weight is 667 g/mol. The lowest BCUT2D eigenvalue weighted by Crippen LogP contribution is -1.90. The largest absolute Gasteiger partial charge is 0.456 e. The van der Waals surface area contributed by atoms with Crippen molar-refractivity contribution in [2.75, 3.05) is 0 Å². The lowest BCUT2D eigenvalue weighted by atomic mass is 9.85. The van der Waals surface area contributed by atoms with Crippen molar-refractivity contribution in [1.29, 1.82) is 0 Å². The molecule has 236 valence electrons. The van der Waals surface area contributed by atoms with E-state index in [9.17, 15) is 0 Å². The Morgan fingerprint density at radius 2 is 0.882 bits per heavy atom. The number of fused-ring (bicyclic) bond motifs is 14.